The fourth-order valence-corrected chi connectivity index (χ4v) is 1.80. The van der Waals surface area contributed by atoms with Gasteiger partial charge >= 0.3 is 5.97 Å². The minimum Gasteiger partial charge on any atom is -0.480 e. The lowest BCUT2D eigenvalue weighted by molar-refractivity contribution is -0.138. The number of nitrogens with two attached hydrogens (primary N) is 1. The summed E-state index contributed by atoms with van der Waals surface area (Å²) in [4.78, 5) is 21.9. The Morgan fingerprint density at radius 2 is 2.20 bits per heavy atom. The average molecular weight is 232 g/mol. The van der Waals surface area contributed by atoms with Crippen molar-refractivity contribution in [2.24, 2.45) is 5.73 Å². The summed E-state index contributed by atoms with van der Waals surface area (Å²) in [6.45, 7) is 1.76. The number of hydrogen-bond acceptors (Lipinski definition) is 4. The zero-order valence-corrected chi connectivity index (χ0v) is 9.42. The van der Waals surface area contributed by atoms with Gasteiger partial charge in [-0.25, -0.2) is 0 Å². The van der Waals surface area contributed by atoms with Crippen molar-refractivity contribution in [3.63, 3.8) is 0 Å². The molecule has 4 N–H and O–H groups in total. The molecule has 86 valence electrons. The third-order valence-corrected chi connectivity index (χ3v) is 3.40. The van der Waals surface area contributed by atoms with Crippen molar-refractivity contribution >= 4 is 23.6 Å². The van der Waals surface area contributed by atoms with Crippen LogP contribution >= 0.6 is 11.8 Å². The summed E-state index contributed by atoms with van der Waals surface area (Å²) in [5.41, 5.74) is 5.33. The van der Waals surface area contributed by atoms with Crippen molar-refractivity contribution in [1.29, 1.82) is 0 Å². The van der Waals surface area contributed by atoms with Crippen LogP contribution in [-0.4, -0.2) is 40.1 Å². The van der Waals surface area contributed by atoms with Crippen molar-refractivity contribution in [2.75, 3.05) is 5.75 Å². The highest BCUT2D eigenvalue weighted by Gasteiger charge is 2.26. The Hall–Kier alpha value is -0.750. The van der Waals surface area contributed by atoms with E-state index in [-0.39, 0.29) is 16.9 Å². The largest absolute Gasteiger partial charge is 0.480 e. The van der Waals surface area contributed by atoms with Gasteiger partial charge in [0.05, 0.1) is 5.25 Å². The molecule has 1 aliphatic rings. The molecule has 0 aromatic carbocycles. The molecule has 0 saturated heterocycles. The van der Waals surface area contributed by atoms with E-state index >= 15 is 0 Å². The highest BCUT2D eigenvalue weighted by Crippen LogP contribution is 2.20. The Balaban J connectivity index is 2.18. The lowest BCUT2D eigenvalue weighted by atomic mass is 10.4. The molecule has 1 rings (SSSR count). The summed E-state index contributed by atoms with van der Waals surface area (Å²) >= 11 is 1.27. The van der Waals surface area contributed by atoms with Crippen LogP contribution in [0.5, 0.6) is 0 Å². The number of hydrogen-bond donors (Lipinski definition) is 3. The van der Waals surface area contributed by atoms with Crippen molar-refractivity contribution in [3.8, 4) is 0 Å². The number of thioether (sulfide) groups is 1. The number of nitrogens with one attached hydrogen (secondary N) is 1. The molecule has 0 heterocycles. The molecule has 15 heavy (non-hydrogen) atoms. The highest BCUT2D eigenvalue weighted by atomic mass is 32.2. The number of amides is 1. The Kier molecular flexibility index (Phi) is 4.41. The standard InChI is InChI=1S/C9H16N2O3S/c1-5(8(12)11-6-2-3-6)15-4-7(10)9(13)14/h5-7H,2-4,10H2,1H3,(H,11,12)(H,13,14)/t5?,7-/m1/s1. The maximum atomic E-state index is 11.5. The lowest BCUT2D eigenvalue weighted by Gasteiger charge is -2.12. The first-order chi connectivity index (χ1) is 7.00. The number of carbonyl (C=O) groups excluding carboxylic acids is 1. The first-order valence-electron chi connectivity index (χ1n) is 4.91. The maximum Gasteiger partial charge on any atom is 0.321 e. The number of carboxylic acids is 1. The van der Waals surface area contributed by atoms with Crippen molar-refractivity contribution < 1.29 is 14.7 Å². The van der Waals surface area contributed by atoms with E-state index in [0.717, 1.165) is 12.8 Å². The van der Waals surface area contributed by atoms with Gasteiger partial charge in [-0.1, -0.05) is 0 Å². The van der Waals surface area contributed by atoms with Crippen molar-refractivity contribution in [1.82, 2.24) is 5.32 Å². The average Bonchev–Trinajstić information content (AvgIpc) is 2.96. The predicted octanol–water partition coefficient (Wildman–Crippen LogP) is -0.201. The van der Waals surface area contributed by atoms with Crippen LogP contribution in [0, 0.1) is 0 Å². The summed E-state index contributed by atoms with van der Waals surface area (Å²) in [7, 11) is 0. The number of carboxylic acid groups (broad SMARTS) is 1. The molecule has 0 spiro atoms. The second-order valence-corrected chi connectivity index (χ2v) is 5.08. The molecular formula is C9H16N2O3S. The zero-order valence-electron chi connectivity index (χ0n) is 8.60. The lowest BCUT2D eigenvalue weighted by Crippen LogP contribution is -2.36. The van der Waals surface area contributed by atoms with Gasteiger partial charge in [-0.15, -0.1) is 11.8 Å². The minimum absolute atomic E-state index is 0.0277. The Morgan fingerprint density at radius 1 is 1.60 bits per heavy atom. The van der Waals surface area contributed by atoms with Gasteiger partial charge in [-0.2, -0.15) is 0 Å². The predicted molar refractivity (Wildman–Crippen MR) is 58.7 cm³/mol. The van der Waals surface area contributed by atoms with Gasteiger partial charge in [0, 0.05) is 11.8 Å². The molecule has 2 atom stereocenters. The van der Waals surface area contributed by atoms with Crippen molar-refractivity contribution in [2.45, 2.75) is 37.1 Å². The summed E-state index contributed by atoms with van der Waals surface area (Å²) in [6.07, 6.45) is 2.11. The van der Waals surface area contributed by atoms with Crippen LogP contribution in [0.4, 0.5) is 0 Å². The van der Waals surface area contributed by atoms with Gasteiger partial charge in [0.25, 0.3) is 0 Å². The Labute approximate surface area is 92.8 Å². The first-order valence-corrected chi connectivity index (χ1v) is 5.96. The van der Waals surface area contributed by atoms with Crippen LogP contribution in [0.15, 0.2) is 0 Å². The molecule has 0 aromatic heterocycles. The highest BCUT2D eigenvalue weighted by molar-refractivity contribution is 8.00. The molecule has 1 amide bonds. The van der Waals surface area contributed by atoms with Gasteiger partial charge < -0.3 is 16.2 Å². The molecule has 1 aliphatic carbocycles. The second-order valence-electron chi connectivity index (χ2n) is 3.70. The minimum atomic E-state index is -1.03. The van der Waals surface area contributed by atoms with Gasteiger partial charge in [0.15, 0.2) is 0 Å². The molecule has 1 unspecified atom stereocenters. The van der Waals surface area contributed by atoms with Crippen LogP contribution in [0.25, 0.3) is 0 Å². The molecule has 1 saturated carbocycles. The fraction of sp³-hybridized carbons (Fsp3) is 0.778. The Morgan fingerprint density at radius 3 is 2.67 bits per heavy atom. The van der Waals surface area contributed by atoms with E-state index < -0.39 is 12.0 Å². The zero-order chi connectivity index (χ0) is 11.4. The van der Waals surface area contributed by atoms with Crippen molar-refractivity contribution in [3.05, 3.63) is 0 Å². The smallest absolute Gasteiger partial charge is 0.321 e. The molecular weight excluding hydrogens is 216 g/mol. The summed E-state index contributed by atoms with van der Waals surface area (Å²) in [6, 6.07) is -0.556. The van der Waals surface area contributed by atoms with E-state index in [0.29, 0.717) is 6.04 Å². The molecule has 0 aliphatic heterocycles. The quantitative estimate of drug-likeness (QED) is 0.589. The van der Waals surface area contributed by atoms with Crippen LogP contribution in [0.1, 0.15) is 19.8 Å². The number of aliphatic carboxylic acids is 1. The van der Waals surface area contributed by atoms with Gasteiger partial charge in [0.1, 0.15) is 6.04 Å². The summed E-state index contributed by atoms with van der Waals surface area (Å²) in [5.74, 6) is -0.799. The SMILES string of the molecule is CC(SC[C@@H](N)C(=O)O)C(=O)NC1CC1. The van der Waals surface area contributed by atoms with E-state index in [1.54, 1.807) is 6.92 Å². The maximum absolute atomic E-state index is 11.5. The Bertz CT molecular complexity index is 256. The van der Waals surface area contributed by atoms with Gasteiger partial charge in [-0.05, 0) is 19.8 Å². The second kappa shape index (κ2) is 5.37. The van der Waals surface area contributed by atoms with Gasteiger partial charge in [-0.3, -0.25) is 9.59 Å². The third-order valence-electron chi connectivity index (χ3n) is 2.14. The van der Waals surface area contributed by atoms with E-state index in [4.69, 9.17) is 10.8 Å². The fourth-order valence-electron chi connectivity index (χ4n) is 0.941. The van der Waals surface area contributed by atoms with Gasteiger partial charge in [0.2, 0.25) is 5.91 Å². The third kappa shape index (κ3) is 4.53. The summed E-state index contributed by atoms with van der Waals surface area (Å²) < 4.78 is 0. The van der Waals surface area contributed by atoms with E-state index in [2.05, 4.69) is 5.32 Å². The molecule has 0 bridgehead atoms. The molecule has 1 fully saturated rings. The van der Waals surface area contributed by atoms with Crippen LogP contribution < -0.4 is 11.1 Å². The normalized spacial score (nSPS) is 19.3. The monoisotopic (exact) mass is 232 g/mol. The summed E-state index contributed by atoms with van der Waals surface area (Å²) in [5, 5.41) is 11.2. The van der Waals surface area contributed by atoms with E-state index in [9.17, 15) is 9.59 Å². The van der Waals surface area contributed by atoms with E-state index in [1.807, 2.05) is 0 Å². The molecule has 0 radical (unpaired) electrons. The molecule has 6 heteroatoms. The first kappa shape index (κ1) is 12.3. The van der Waals surface area contributed by atoms with Crippen LogP contribution in [0.3, 0.4) is 0 Å². The van der Waals surface area contributed by atoms with Crippen LogP contribution in [0.2, 0.25) is 0 Å². The topological polar surface area (TPSA) is 92.4 Å². The number of carbonyl (C=O) groups is 2. The molecule has 0 aromatic rings. The van der Waals surface area contributed by atoms with Crippen LogP contribution in [-0.2, 0) is 9.59 Å². The molecule has 5 nitrogen and oxygen atoms in total. The van der Waals surface area contributed by atoms with E-state index in [1.165, 1.54) is 11.8 Å². The number of rotatable bonds is 6.